The van der Waals surface area contributed by atoms with Gasteiger partial charge >= 0.3 is 0 Å². The topological polar surface area (TPSA) is 73.3 Å². The number of aromatic nitrogens is 2. The summed E-state index contributed by atoms with van der Waals surface area (Å²) in [5.41, 5.74) is 2.24. The first-order valence-corrected chi connectivity index (χ1v) is 9.64. The van der Waals surface area contributed by atoms with Gasteiger partial charge in [0.1, 0.15) is 0 Å². The van der Waals surface area contributed by atoms with Crippen LogP contribution in [0.5, 0.6) is 11.5 Å². The van der Waals surface area contributed by atoms with Gasteiger partial charge in [0.25, 0.3) is 0 Å². The van der Waals surface area contributed by atoms with E-state index in [9.17, 15) is 4.79 Å². The summed E-state index contributed by atoms with van der Waals surface area (Å²) in [7, 11) is 0. The lowest BCUT2D eigenvalue weighted by Crippen LogP contribution is -2.52. The fourth-order valence-electron chi connectivity index (χ4n) is 5.38. The van der Waals surface area contributed by atoms with Gasteiger partial charge in [-0.05, 0) is 32.1 Å². The second kappa shape index (κ2) is 4.91. The lowest BCUT2D eigenvalue weighted by atomic mass is 9.63. The Hall–Kier alpha value is -2.37. The number of rotatable bonds is 2. The summed E-state index contributed by atoms with van der Waals surface area (Å²) >= 11 is 0. The van der Waals surface area contributed by atoms with E-state index in [1.165, 1.54) is 0 Å². The van der Waals surface area contributed by atoms with E-state index in [1.54, 1.807) is 0 Å². The molecule has 2 atom stereocenters. The normalized spacial score (nSPS) is 29.4. The highest BCUT2D eigenvalue weighted by molar-refractivity contribution is 5.93. The summed E-state index contributed by atoms with van der Waals surface area (Å²) < 4.78 is 11.0. The zero-order valence-electron chi connectivity index (χ0n) is 16.5. The quantitative estimate of drug-likeness (QED) is 0.882. The fraction of sp³-hybridized carbons (Fsp3) is 0.571. The summed E-state index contributed by atoms with van der Waals surface area (Å²) in [6.07, 6.45) is 1.73. The van der Waals surface area contributed by atoms with E-state index in [0.29, 0.717) is 11.5 Å². The zero-order chi connectivity index (χ0) is 19.2. The lowest BCUT2D eigenvalue weighted by molar-refractivity contribution is -0.131. The monoisotopic (exact) mass is 367 g/mol. The highest BCUT2D eigenvalue weighted by Crippen LogP contribution is 2.70. The Bertz CT molecular complexity index is 1000. The van der Waals surface area contributed by atoms with Crippen molar-refractivity contribution in [2.24, 2.45) is 5.41 Å². The van der Waals surface area contributed by atoms with Gasteiger partial charge in [-0.25, -0.2) is 9.97 Å². The average molecular weight is 367 g/mol. The zero-order valence-corrected chi connectivity index (χ0v) is 16.5. The van der Waals surface area contributed by atoms with Crippen molar-refractivity contribution in [3.63, 3.8) is 0 Å². The van der Waals surface area contributed by atoms with Crippen molar-refractivity contribution < 1.29 is 14.3 Å². The van der Waals surface area contributed by atoms with Gasteiger partial charge in [-0.3, -0.25) is 4.79 Å². The SMILES string of the molecule is CC(C)NC(=O)C12CCC(C)(c3nc4cc5c(cc4nc31)OCO5)C2(C)C. The Morgan fingerprint density at radius 1 is 1.04 bits per heavy atom. The predicted molar refractivity (Wildman–Crippen MR) is 101 cm³/mol. The summed E-state index contributed by atoms with van der Waals surface area (Å²) in [6.45, 7) is 10.8. The first-order valence-electron chi connectivity index (χ1n) is 9.64. The molecule has 1 aromatic heterocycles. The third kappa shape index (κ3) is 1.79. The summed E-state index contributed by atoms with van der Waals surface area (Å²) in [5.74, 6) is 1.46. The van der Waals surface area contributed by atoms with E-state index in [4.69, 9.17) is 19.4 Å². The first-order chi connectivity index (χ1) is 12.7. The standard InChI is InChI=1S/C21H25N3O3/c1-11(2)22-18(25)21-7-6-20(5,19(21,3)4)16-17(21)24-13-9-15-14(26-10-27-15)8-12(13)23-16/h8-9,11H,6-7,10H2,1-5H3,(H,22,25). The van der Waals surface area contributed by atoms with E-state index in [1.807, 2.05) is 26.0 Å². The second-order valence-corrected chi connectivity index (χ2v) is 9.11. The molecule has 1 saturated carbocycles. The van der Waals surface area contributed by atoms with Crippen LogP contribution in [0.25, 0.3) is 11.0 Å². The van der Waals surface area contributed by atoms with Gasteiger partial charge < -0.3 is 14.8 Å². The molecular weight excluding hydrogens is 342 g/mol. The summed E-state index contributed by atoms with van der Waals surface area (Å²) in [6, 6.07) is 3.86. The molecule has 0 spiro atoms. The van der Waals surface area contributed by atoms with Crippen molar-refractivity contribution in [3.05, 3.63) is 23.5 Å². The average Bonchev–Trinajstić information content (AvgIpc) is 3.16. The molecule has 3 aliphatic rings. The Labute approximate surface area is 158 Å². The van der Waals surface area contributed by atoms with Gasteiger partial charge in [-0.2, -0.15) is 0 Å². The van der Waals surface area contributed by atoms with Crippen molar-refractivity contribution in [2.45, 2.75) is 64.3 Å². The number of carbonyl (C=O) groups excluding carboxylic acids is 1. The third-order valence-electron chi connectivity index (χ3n) is 7.34. The number of benzene rings is 1. The van der Waals surface area contributed by atoms with Gasteiger partial charge in [0.05, 0.1) is 27.8 Å². The van der Waals surface area contributed by atoms with Crippen LogP contribution in [-0.2, 0) is 15.6 Å². The highest BCUT2D eigenvalue weighted by Gasteiger charge is 2.73. The first kappa shape index (κ1) is 16.8. The number of fused-ring (bicyclic) bond motifs is 7. The number of nitrogens with zero attached hydrogens (tertiary/aromatic N) is 2. The Balaban J connectivity index is 1.78. The second-order valence-electron chi connectivity index (χ2n) is 9.11. The Morgan fingerprint density at radius 3 is 2.22 bits per heavy atom. The van der Waals surface area contributed by atoms with E-state index in [0.717, 1.165) is 35.3 Å². The minimum Gasteiger partial charge on any atom is -0.454 e. The van der Waals surface area contributed by atoms with Crippen LogP contribution in [0.15, 0.2) is 12.1 Å². The molecule has 6 nitrogen and oxygen atoms in total. The van der Waals surface area contributed by atoms with Crippen molar-refractivity contribution >= 4 is 16.9 Å². The van der Waals surface area contributed by atoms with Crippen LogP contribution < -0.4 is 14.8 Å². The van der Waals surface area contributed by atoms with Crippen LogP contribution in [0.1, 0.15) is 58.8 Å². The molecule has 1 aromatic carbocycles. The molecule has 0 saturated heterocycles. The molecule has 1 N–H and O–H groups in total. The molecule has 1 aliphatic heterocycles. The largest absolute Gasteiger partial charge is 0.454 e. The molecule has 2 unspecified atom stereocenters. The molecule has 142 valence electrons. The number of amides is 1. The number of hydrogen-bond donors (Lipinski definition) is 1. The summed E-state index contributed by atoms with van der Waals surface area (Å²) in [5, 5.41) is 3.16. The predicted octanol–water partition coefficient (Wildman–Crippen LogP) is 3.21. The fourth-order valence-corrected chi connectivity index (χ4v) is 5.38. The van der Waals surface area contributed by atoms with Crippen molar-refractivity contribution in [1.82, 2.24) is 15.3 Å². The molecule has 27 heavy (non-hydrogen) atoms. The number of hydrogen-bond acceptors (Lipinski definition) is 5. The smallest absolute Gasteiger partial charge is 0.233 e. The van der Waals surface area contributed by atoms with Gasteiger partial charge in [-0.1, -0.05) is 20.8 Å². The summed E-state index contributed by atoms with van der Waals surface area (Å²) in [4.78, 5) is 23.5. The van der Waals surface area contributed by atoms with Crippen molar-refractivity contribution in [3.8, 4) is 11.5 Å². The molecule has 2 heterocycles. The van der Waals surface area contributed by atoms with Crippen LogP contribution in [0.2, 0.25) is 0 Å². The van der Waals surface area contributed by atoms with Crippen LogP contribution in [0, 0.1) is 5.41 Å². The third-order valence-corrected chi connectivity index (χ3v) is 7.34. The van der Waals surface area contributed by atoms with E-state index in [2.05, 4.69) is 26.1 Å². The molecule has 2 aliphatic carbocycles. The van der Waals surface area contributed by atoms with Gasteiger partial charge in [0.2, 0.25) is 12.7 Å². The molecule has 1 amide bonds. The number of carbonyl (C=O) groups is 1. The Kier molecular flexibility index (Phi) is 3.05. The van der Waals surface area contributed by atoms with Crippen molar-refractivity contribution in [1.29, 1.82) is 0 Å². The van der Waals surface area contributed by atoms with E-state index >= 15 is 0 Å². The van der Waals surface area contributed by atoms with Gasteiger partial charge in [-0.15, -0.1) is 0 Å². The van der Waals surface area contributed by atoms with Crippen LogP contribution in [0.4, 0.5) is 0 Å². The highest BCUT2D eigenvalue weighted by atomic mass is 16.7. The molecular formula is C21H25N3O3. The van der Waals surface area contributed by atoms with Crippen molar-refractivity contribution in [2.75, 3.05) is 6.79 Å². The van der Waals surface area contributed by atoms with Gasteiger partial charge in [0.15, 0.2) is 11.5 Å². The lowest BCUT2D eigenvalue weighted by Gasteiger charge is -2.39. The molecule has 6 heteroatoms. The van der Waals surface area contributed by atoms with Crippen LogP contribution in [-0.4, -0.2) is 28.7 Å². The Morgan fingerprint density at radius 2 is 1.63 bits per heavy atom. The number of ether oxygens (including phenoxy) is 2. The molecule has 1 fully saturated rings. The maximum atomic E-state index is 13.5. The van der Waals surface area contributed by atoms with Crippen LogP contribution >= 0.6 is 0 Å². The van der Waals surface area contributed by atoms with Crippen LogP contribution in [0.3, 0.4) is 0 Å². The molecule has 2 aromatic rings. The maximum absolute atomic E-state index is 13.5. The minimum absolute atomic E-state index is 0.0689. The molecule has 2 bridgehead atoms. The maximum Gasteiger partial charge on any atom is 0.233 e. The van der Waals surface area contributed by atoms with Gasteiger partial charge in [0, 0.05) is 23.6 Å². The van der Waals surface area contributed by atoms with E-state index in [-0.39, 0.29) is 29.6 Å². The van der Waals surface area contributed by atoms with E-state index < -0.39 is 5.41 Å². The number of nitrogens with one attached hydrogen (secondary N) is 1. The molecule has 5 rings (SSSR count). The minimum atomic E-state index is -0.654. The molecule has 0 radical (unpaired) electrons.